The minimum Gasteiger partial charge on any atom is -0.318 e. The molecule has 1 unspecified atom stereocenters. The Morgan fingerprint density at radius 1 is 1.05 bits per heavy atom. The van der Waals surface area contributed by atoms with Crippen molar-refractivity contribution in [2.45, 2.75) is 12.5 Å². The quantitative estimate of drug-likeness (QED) is 0.768. The maximum absolute atomic E-state index is 6.60. The molecule has 0 amide bonds. The van der Waals surface area contributed by atoms with Crippen molar-refractivity contribution in [3.05, 3.63) is 77.1 Å². The average molecular weight is 283 g/mol. The van der Waals surface area contributed by atoms with Crippen LogP contribution in [0.1, 0.15) is 18.1 Å². The Bertz CT molecular complexity index is 743. The lowest BCUT2D eigenvalue weighted by Crippen LogP contribution is -2.34. The Hall–Kier alpha value is -1.90. The molecule has 0 fully saturated rings. The number of pyridine rings is 1. The van der Waals surface area contributed by atoms with E-state index in [1.165, 1.54) is 0 Å². The van der Waals surface area contributed by atoms with Crippen LogP contribution in [0.3, 0.4) is 0 Å². The third kappa shape index (κ3) is 2.17. The maximum atomic E-state index is 6.60. The van der Waals surface area contributed by atoms with Crippen LogP contribution >= 0.6 is 11.6 Å². The zero-order chi connectivity index (χ0) is 14.2. The van der Waals surface area contributed by atoms with Gasteiger partial charge in [-0.3, -0.25) is 4.98 Å². The highest BCUT2D eigenvalue weighted by molar-refractivity contribution is 6.30. The molecule has 0 radical (unpaired) electrons. The molecule has 0 saturated carbocycles. The minimum absolute atomic E-state index is 0.590. The predicted octanol–water partition coefficient (Wildman–Crippen LogP) is 4.11. The zero-order valence-corrected chi connectivity index (χ0v) is 11.9. The summed E-state index contributed by atoms with van der Waals surface area (Å²) in [5.41, 5.74) is 8.10. The van der Waals surface area contributed by atoms with E-state index in [9.17, 15) is 0 Å². The number of benzene rings is 2. The van der Waals surface area contributed by atoms with Crippen molar-refractivity contribution in [2.24, 2.45) is 5.73 Å². The lowest BCUT2D eigenvalue weighted by atomic mass is 9.83. The highest BCUT2D eigenvalue weighted by Crippen LogP contribution is 2.32. The predicted molar refractivity (Wildman–Crippen MR) is 83.8 cm³/mol. The summed E-state index contributed by atoms with van der Waals surface area (Å²) < 4.78 is 0. The minimum atomic E-state index is -0.590. The number of fused-ring (bicyclic) bond motifs is 1. The smallest absolute Gasteiger partial charge is 0.0643 e. The summed E-state index contributed by atoms with van der Waals surface area (Å²) in [5, 5.41) is 2.93. The molecule has 2 nitrogen and oxygen atoms in total. The van der Waals surface area contributed by atoms with Crippen LogP contribution in [-0.4, -0.2) is 4.98 Å². The largest absolute Gasteiger partial charge is 0.318 e. The van der Waals surface area contributed by atoms with Gasteiger partial charge in [-0.15, -0.1) is 0 Å². The van der Waals surface area contributed by atoms with Crippen molar-refractivity contribution in [3.8, 4) is 0 Å². The van der Waals surface area contributed by atoms with Gasteiger partial charge in [0.1, 0.15) is 0 Å². The fourth-order valence-corrected chi connectivity index (χ4v) is 2.64. The molecule has 1 heterocycles. The van der Waals surface area contributed by atoms with Gasteiger partial charge in [0.05, 0.1) is 5.54 Å². The monoisotopic (exact) mass is 282 g/mol. The Morgan fingerprint density at radius 3 is 2.55 bits per heavy atom. The molecule has 0 aliphatic carbocycles. The van der Waals surface area contributed by atoms with Crippen LogP contribution in [0.2, 0.25) is 5.02 Å². The molecule has 2 aromatic carbocycles. The molecule has 3 aromatic rings. The first-order valence-corrected chi connectivity index (χ1v) is 6.85. The van der Waals surface area contributed by atoms with E-state index >= 15 is 0 Å². The van der Waals surface area contributed by atoms with E-state index in [2.05, 4.69) is 17.1 Å². The van der Waals surface area contributed by atoms with Gasteiger partial charge in [0, 0.05) is 22.8 Å². The third-order valence-electron chi connectivity index (χ3n) is 3.69. The van der Waals surface area contributed by atoms with Gasteiger partial charge < -0.3 is 5.73 Å². The van der Waals surface area contributed by atoms with Gasteiger partial charge in [-0.25, -0.2) is 0 Å². The van der Waals surface area contributed by atoms with Crippen LogP contribution in [0.15, 0.2) is 60.9 Å². The van der Waals surface area contributed by atoms with E-state index < -0.39 is 5.54 Å². The Kier molecular flexibility index (Phi) is 3.20. The number of nitrogens with zero attached hydrogens (tertiary/aromatic N) is 1. The van der Waals surface area contributed by atoms with Crippen LogP contribution in [0, 0.1) is 0 Å². The lowest BCUT2D eigenvalue weighted by Gasteiger charge is -2.27. The number of rotatable bonds is 2. The second-order valence-electron chi connectivity index (χ2n) is 5.11. The van der Waals surface area contributed by atoms with Crippen molar-refractivity contribution in [2.75, 3.05) is 0 Å². The van der Waals surface area contributed by atoms with Crippen molar-refractivity contribution < 1.29 is 0 Å². The fraction of sp³-hybridized carbons (Fsp3) is 0.118. The van der Waals surface area contributed by atoms with Crippen LogP contribution in [0.4, 0.5) is 0 Å². The van der Waals surface area contributed by atoms with Gasteiger partial charge >= 0.3 is 0 Å². The number of halogens is 1. The molecule has 0 spiro atoms. The van der Waals surface area contributed by atoms with Gasteiger partial charge in [0.15, 0.2) is 0 Å². The van der Waals surface area contributed by atoms with Crippen molar-refractivity contribution in [3.63, 3.8) is 0 Å². The van der Waals surface area contributed by atoms with E-state index in [0.717, 1.165) is 21.9 Å². The summed E-state index contributed by atoms with van der Waals surface area (Å²) in [7, 11) is 0. The fourth-order valence-electron chi connectivity index (χ4n) is 2.52. The molecule has 2 N–H and O–H groups in total. The van der Waals surface area contributed by atoms with E-state index in [0.29, 0.717) is 5.02 Å². The summed E-state index contributed by atoms with van der Waals surface area (Å²) >= 11 is 5.95. The van der Waals surface area contributed by atoms with Gasteiger partial charge in [-0.1, -0.05) is 41.9 Å². The number of hydrogen-bond donors (Lipinski definition) is 1. The molecule has 20 heavy (non-hydrogen) atoms. The first-order valence-electron chi connectivity index (χ1n) is 6.47. The number of nitrogens with two attached hydrogens (primary N) is 1. The first kappa shape index (κ1) is 13.1. The van der Waals surface area contributed by atoms with Crippen LogP contribution < -0.4 is 5.73 Å². The topological polar surface area (TPSA) is 38.9 Å². The Labute approximate surface area is 123 Å². The SMILES string of the molecule is CC(N)(c1ccc(Cl)cc1)c1cccc2ccncc12. The van der Waals surface area contributed by atoms with Crippen molar-refractivity contribution in [1.82, 2.24) is 4.98 Å². The van der Waals surface area contributed by atoms with Crippen LogP contribution in [-0.2, 0) is 5.54 Å². The highest BCUT2D eigenvalue weighted by atomic mass is 35.5. The number of aromatic nitrogens is 1. The summed E-state index contributed by atoms with van der Waals surface area (Å²) in [6.07, 6.45) is 3.66. The van der Waals surface area contributed by atoms with Gasteiger partial charge in [0.25, 0.3) is 0 Å². The van der Waals surface area contributed by atoms with Gasteiger partial charge in [0.2, 0.25) is 0 Å². The number of hydrogen-bond acceptors (Lipinski definition) is 2. The Balaban J connectivity index is 2.20. The van der Waals surface area contributed by atoms with E-state index in [1.54, 1.807) is 6.20 Å². The van der Waals surface area contributed by atoms with Crippen LogP contribution in [0.5, 0.6) is 0 Å². The molecule has 3 heteroatoms. The van der Waals surface area contributed by atoms with Crippen molar-refractivity contribution >= 4 is 22.4 Å². The van der Waals surface area contributed by atoms with Crippen LogP contribution in [0.25, 0.3) is 10.8 Å². The molecule has 3 rings (SSSR count). The van der Waals surface area contributed by atoms with E-state index in [-0.39, 0.29) is 0 Å². The molecule has 0 aliphatic rings. The average Bonchev–Trinajstić information content (AvgIpc) is 2.47. The second kappa shape index (κ2) is 4.89. The van der Waals surface area contributed by atoms with E-state index in [1.807, 2.05) is 49.5 Å². The molecular weight excluding hydrogens is 268 g/mol. The second-order valence-corrected chi connectivity index (χ2v) is 5.55. The third-order valence-corrected chi connectivity index (χ3v) is 3.94. The van der Waals surface area contributed by atoms with Gasteiger partial charge in [-0.05, 0) is 41.6 Å². The molecule has 0 saturated heterocycles. The molecule has 0 aliphatic heterocycles. The summed E-state index contributed by atoms with van der Waals surface area (Å²) in [4.78, 5) is 4.22. The molecule has 100 valence electrons. The normalized spacial score (nSPS) is 14.2. The molecular formula is C17H15ClN2. The standard InChI is InChI=1S/C17H15ClN2/c1-17(19,13-5-7-14(18)8-6-13)16-4-2-3-12-9-10-20-11-15(12)16/h2-11H,19H2,1H3. The van der Waals surface area contributed by atoms with Gasteiger partial charge in [-0.2, -0.15) is 0 Å². The first-order chi connectivity index (χ1) is 9.59. The zero-order valence-electron chi connectivity index (χ0n) is 11.2. The summed E-state index contributed by atoms with van der Waals surface area (Å²) in [6, 6.07) is 15.8. The van der Waals surface area contributed by atoms with E-state index in [4.69, 9.17) is 17.3 Å². The summed E-state index contributed by atoms with van der Waals surface area (Å²) in [5.74, 6) is 0. The highest BCUT2D eigenvalue weighted by Gasteiger charge is 2.25. The maximum Gasteiger partial charge on any atom is 0.0643 e. The Morgan fingerprint density at radius 2 is 1.80 bits per heavy atom. The molecule has 0 bridgehead atoms. The molecule has 1 aromatic heterocycles. The molecule has 1 atom stereocenters. The summed E-state index contributed by atoms with van der Waals surface area (Å²) in [6.45, 7) is 2.01. The van der Waals surface area contributed by atoms with Crippen molar-refractivity contribution in [1.29, 1.82) is 0 Å². The lowest BCUT2D eigenvalue weighted by molar-refractivity contribution is 0.608.